The van der Waals surface area contributed by atoms with Crippen LogP contribution < -0.4 is 0 Å². The van der Waals surface area contributed by atoms with Gasteiger partial charge in [0.1, 0.15) is 5.82 Å². The zero-order valence-corrected chi connectivity index (χ0v) is 15.4. The first kappa shape index (κ1) is 20.3. The molecule has 1 aliphatic rings. The number of amides is 1. The summed E-state index contributed by atoms with van der Waals surface area (Å²) in [7, 11) is -2.30. The summed E-state index contributed by atoms with van der Waals surface area (Å²) < 4.78 is 38.8. The molecule has 2 rings (SSSR count). The number of sulfonamides is 1. The second-order valence-electron chi connectivity index (χ2n) is 6.38. The molecule has 1 amide bonds. The van der Waals surface area contributed by atoms with E-state index in [0.29, 0.717) is 32.4 Å². The standard InChI is InChI=1S/C17H23FN2O5S/c1-19(26(24,25)15-6-4-14(18)5-7-15)10-2-3-16(21)20-11-8-13(9-12-20)17(22)23/h4-7,13H,2-3,8-12H2,1H3,(H,22,23). The van der Waals surface area contributed by atoms with E-state index in [1.807, 2.05) is 0 Å². The maximum absolute atomic E-state index is 12.9. The van der Waals surface area contributed by atoms with Crippen LogP contribution in [0.1, 0.15) is 25.7 Å². The van der Waals surface area contributed by atoms with E-state index in [1.54, 1.807) is 4.90 Å². The lowest BCUT2D eigenvalue weighted by molar-refractivity contribution is -0.145. The lowest BCUT2D eigenvalue weighted by Crippen LogP contribution is -2.40. The third-order valence-electron chi connectivity index (χ3n) is 4.58. The summed E-state index contributed by atoms with van der Waals surface area (Å²) in [6, 6.07) is 4.59. The maximum atomic E-state index is 12.9. The number of rotatable bonds is 7. The molecule has 1 aromatic carbocycles. The average Bonchev–Trinajstić information content (AvgIpc) is 2.61. The number of likely N-dealkylation sites (tertiary alicyclic amines) is 1. The molecule has 0 spiro atoms. The van der Waals surface area contributed by atoms with Gasteiger partial charge >= 0.3 is 5.97 Å². The van der Waals surface area contributed by atoms with Crippen LogP contribution in [0.3, 0.4) is 0 Å². The van der Waals surface area contributed by atoms with Crippen LogP contribution in [0.15, 0.2) is 29.2 Å². The van der Waals surface area contributed by atoms with Crippen molar-refractivity contribution in [2.24, 2.45) is 5.92 Å². The van der Waals surface area contributed by atoms with Gasteiger partial charge in [0.05, 0.1) is 10.8 Å². The van der Waals surface area contributed by atoms with Crippen molar-refractivity contribution >= 4 is 21.9 Å². The van der Waals surface area contributed by atoms with Gasteiger partial charge in [0.2, 0.25) is 15.9 Å². The fourth-order valence-corrected chi connectivity index (χ4v) is 4.10. The van der Waals surface area contributed by atoms with Crippen LogP contribution in [-0.4, -0.2) is 61.3 Å². The minimum absolute atomic E-state index is 0.00321. The summed E-state index contributed by atoms with van der Waals surface area (Å²) in [6.45, 7) is 0.996. The highest BCUT2D eigenvalue weighted by atomic mass is 32.2. The minimum atomic E-state index is -3.72. The molecular formula is C17H23FN2O5S. The molecule has 144 valence electrons. The Morgan fingerprint density at radius 2 is 1.81 bits per heavy atom. The first-order valence-electron chi connectivity index (χ1n) is 8.44. The summed E-state index contributed by atoms with van der Waals surface area (Å²) in [5.41, 5.74) is 0. The third-order valence-corrected chi connectivity index (χ3v) is 6.45. The van der Waals surface area contributed by atoms with Gasteiger partial charge in [-0.25, -0.2) is 17.1 Å². The van der Waals surface area contributed by atoms with Crippen molar-refractivity contribution in [1.29, 1.82) is 0 Å². The van der Waals surface area contributed by atoms with E-state index in [1.165, 1.54) is 19.2 Å². The third kappa shape index (κ3) is 5.01. The Balaban J connectivity index is 1.80. The van der Waals surface area contributed by atoms with Crippen molar-refractivity contribution in [3.05, 3.63) is 30.1 Å². The van der Waals surface area contributed by atoms with Gasteiger partial charge in [0.25, 0.3) is 0 Å². The number of benzene rings is 1. The SMILES string of the molecule is CN(CCCC(=O)N1CCC(C(=O)O)CC1)S(=O)(=O)c1ccc(F)cc1. The van der Waals surface area contributed by atoms with Crippen LogP contribution in [0.25, 0.3) is 0 Å². The molecule has 1 fully saturated rings. The van der Waals surface area contributed by atoms with Gasteiger partial charge in [0, 0.05) is 33.1 Å². The van der Waals surface area contributed by atoms with Crippen molar-refractivity contribution in [1.82, 2.24) is 9.21 Å². The highest BCUT2D eigenvalue weighted by molar-refractivity contribution is 7.89. The molecule has 0 bridgehead atoms. The molecule has 0 aliphatic carbocycles. The van der Waals surface area contributed by atoms with Gasteiger partial charge in [-0.1, -0.05) is 0 Å². The lowest BCUT2D eigenvalue weighted by atomic mass is 9.97. The van der Waals surface area contributed by atoms with Gasteiger partial charge in [-0.15, -0.1) is 0 Å². The smallest absolute Gasteiger partial charge is 0.306 e. The number of hydrogen-bond donors (Lipinski definition) is 1. The predicted octanol–water partition coefficient (Wildman–Crippen LogP) is 1.55. The van der Waals surface area contributed by atoms with Crippen LogP contribution in [0.2, 0.25) is 0 Å². The van der Waals surface area contributed by atoms with E-state index in [0.717, 1.165) is 16.4 Å². The largest absolute Gasteiger partial charge is 0.481 e. The van der Waals surface area contributed by atoms with Crippen LogP contribution in [0.4, 0.5) is 4.39 Å². The average molecular weight is 386 g/mol. The zero-order chi connectivity index (χ0) is 19.3. The molecule has 0 saturated carbocycles. The van der Waals surface area contributed by atoms with Crippen molar-refractivity contribution in [2.45, 2.75) is 30.6 Å². The number of carbonyl (C=O) groups excluding carboxylic acids is 1. The van der Waals surface area contributed by atoms with Crippen molar-refractivity contribution in [3.63, 3.8) is 0 Å². The highest BCUT2D eigenvalue weighted by Crippen LogP contribution is 2.19. The molecule has 0 radical (unpaired) electrons. The zero-order valence-electron chi connectivity index (χ0n) is 14.6. The predicted molar refractivity (Wildman–Crippen MR) is 92.4 cm³/mol. The van der Waals surface area contributed by atoms with E-state index in [-0.39, 0.29) is 23.8 Å². The Bertz CT molecular complexity index is 743. The monoisotopic (exact) mass is 386 g/mol. The topological polar surface area (TPSA) is 95.0 Å². The second-order valence-corrected chi connectivity index (χ2v) is 8.42. The van der Waals surface area contributed by atoms with Crippen LogP contribution in [0, 0.1) is 11.7 Å². The van der Waals surface area contributed by atoms with Gasteiger partial charge < -0.3 is 10.0 Å². The fourth-order valence-electron chi connectivity index (χ4n) is 2.89. The summed E-state index contributed by atoms with van der Waals surface area (Å²) >= 11 is 0. The quantitative estimate of drug-likeness (QED) is 0.767. The summed E-state index contributed by atoms with van der Waals surface area (Å²) in [5, 5.41) is 8.96. The second kappa shape index (κ2) is 8.59. The maximum Gasteiger partial charge on any atom is 0.306 e. The molecule has 0 aromatic heterocycles. The lowest BCUT2D eigenvalue weighted by Gasteiger charge is -2.30. The van der Waals surface area contributed by atoms with Gasteiger partial charge in [-0.3, -0.25) is 9.59 Å². The molecule has 1 N–H and O–H groups in total. The molecule has 1 saturated heterocycles. The Morgan fingerprint density at radius 3 is 2.35 bits per heavy atom. The van der Waals surface area contributed by atoms with Crippen molar-refractivity contribution in [3.8, 4) is 0 Å². The van der Waals surface area contributed by atoms with Crippen molar-refractivity contribution < 1.29 is 27.5 Å². The summed E-state index contributed by atoms with van der Waals surface area (Å²) in [4.78, 5) is 24.7. The fraction of sp³-hybridized carbons (Fsp3) is 0.529. The molecular weight excluding hydrogens is 363 g/mol. The number of halogens is 1. The molecule has 1 aliphatic heterocycles. The number of carboxylic acids is 1. The van der Waals surface area contributed by atoms with Gasteiger partial charge in [-0.05, 0) is 43.5 Å². The number of piperidine rings is 1. The van der Waals surface area contributed by atoms with E-state index in [9.17, 15) is 22.4 Å². The van der Waals surface area contributed by atoms with Gasteiger partial charge in [0.15, 0.2) is 0 Å². The van der Waals surface area contributed by atoms with E-state index in [4.69, 9.17) is 5.11 Å². The Morgan fingerprint density at radius 1 is 1.23 bits per heavy atom. The molecule has 7 nitrogen and oxygen atoms in total. The van der Waals surface area contributed by atoms with E-state index < -0.39 is 27.7 Å². The number of carboxylic acid groups (broad SMARTS) is 1. The first-order valence-corrected chi connectivity index (χ1v) is 9.88. The van der Waals surface area contributed by atoms with Crippen molar-refractivity contribution in [2.75, 3.05) is 26.7 Å². The Labute approximate surface area is 152 Å². The minimum Gasteiger partial charge on any atom is -0.481 e. The van der Waals surface area contributed by atoms with Gasteiger partial charge in [-0.2, -0.15) is 0 Å². The normalized spacial score (nSPS) is 16.0. The number of carbonyl (C=O) groups is 2. The molecule has 0 atom stereocenters. The van der Waals surface area contributed by atoms with E-state index in [2.05, 4.69) is 0 Å². The highest BCUT2D eigenvalue weighted by Gasteiger charge is 2.27. The molecule has 9 heteroatoms. The molecule has 26 heavy (non-hydrogen) atoms. The Hall–Kier alpha value is -2.00. The van der Waals surface area contributed by atoms with Crippen LogP contribution >= 0.6 is 0 Å². The number of hydrogen-bond acceptors (Lipinski definition) is 4. The molecule has 0 unspecified atom stereocenters. The summed E-state index contributed by atoms with van der Waals surface area (Å²) in [6.07, 6.45) is 1.44. The number of aliphatic carboxylic acids is 1. The van der Waals surface area contributed by atoms with E-state index >= 15 is 0 Å². The van der Waals surface area contributed by atoms with Crippen LogP contribution in [-0.2, 0) is 19.6 Å². The number of nitrogens with zero attached hydrogens (tertiary/aromatic N) is 2. The summed E-state index contributed by atoms with van der Waals surface area (Å²) in [5.74, 6) is -1.83. The molecule has 1 aromatic rings. The van der Waals surface area contributed by atoms with Crippen LogP contribution in [0.5, 0.6) is 0 Å². The first-order chi connectivity index (χ1) is 12.2. The molecule has 1 heterocycles. The Kier molecular flexibility index (Phi) is 6.71.